The Balaban J connectivity index is 1.75. The van der Waals surface area contributed by atoms with Crippen molar-refractivity contribution in [3.8, 4) is 0 Å². The van der Waals surface area contributed by atoms with Gasteiger partial charge < -0.3 is 15.2 Å². The van der Waals surface area contributed by atoms with Crippen molar-refractivity contribution in [2.75, 3.05) is 19.8 Å². The zero-order valence-electron chi connectivity index (χ0n) is 12.0. The lowest BCUT2D eigenvalue weighted by Gasteiger charge is -2.37. The molecule has 2 fully saturated rings. The molecule has 2 N–H and O–H groups in total. The van der Waals surface area contributed by atoms with Crippen molar-refractivity contribution in [2.24, 2.45) is 11.8 Å². The first-order valence-corrected chi connectivity index (χ1v) is 7.62. The van der Waals surface area contributed by atoms with Crippen molar-refractivity contribution in [3.63, 3.8) is 0 Å². The fourth-order valence-corrected chi connectivity index (χ4v) is 3.28. The SMILES string of the molecule is CC(C)C1CCCC(NCC2(O)CCOCC2)C1. The highest BCUT2D eigenvalue weighted by Crippen LogP contribution is 2.30. The summed E-state index contributed by atoms with van der Waals surface area (Å²) < 4.78 is 5.32. The van der Waals surface area contributed by atoms with E-state index < -0.39 is 5.60 Å². The summed E-state index contributed by atoms with van der Waals surface area (Å²) in [5, 5.41) is 14.0. The van der Waals surface area contributed by atoms with E-state index in [-0.39, 0.29) is 0 Å². The standard InChI is InChI=1S/C15H29NO2/c1-12(2)13-4-3-5-14(10-13)16-11-15(17)6-8-18-9-7-15/h12-14,16-17H,3-11H2,1-2H3. The van der Waals surface area contributed by atoms with Gasteiger partial charge in [0.25, 0.3) is 0 Å². The van der Waals surface area contributed by atoms with Gasteiger partial charge in [-0.2, -0.15) is 0 Å². The molecule has 0 aromatic carbocycles. The highest BCUT2D eigenvalue weighted by atomic mass is 16.5. The Bertz CT molecular complexity index is 249. The number of aliphatic hydroxyl groups is 1. The summed E-state index contributed by atoms with van der Waals surface area (Å²) in [6.45, 7) is 6.82. The van der Waals surface area contributed by atoms with Gasteiger partial charge in [-0.15, -0.1) is 0 Å². The lowest BCUT2D eigenvalue weighted by Crippen LogP contribution is -2.48. The van der Waals surface area contributed by atoms with Crippen molar-refractivity contribution in [1.29, 1.82) is 0 Å². The molecule has 106 valence electrons. The second-order valence-electron chi connectivity index (χ2n) is 6.59. The number of hydrogen-bond donors (Lipinski definition) is 2. The molecular weight excluding hydrogens is 226 g/mol. The minimum atomic E-state index is -0.525. The van der Waals surface area contributed by atoms with Crippen LogP contribution in [-0.2, 0) is 4.74 Å². The quantitative estimate of drug-likeness (QED) is 0.810. The number of ether oxygens (including phenoxy) is 1. The molecule has 0 bridgehead atoms. The number of hydrogen-bond acceptors (Lipinski definition) is 3. The van der Waals surface area contributed by atoms with Crippen LogP contribution in [0, 0.1) is 11.8 Å². The number of rotatable bonds is 4. The van der Waals surface area contributed by atoms with Crippen LogP contribution in [0.25, 0.3) is 0 Å². The van der Waals surface area contributed by atoms with Crippen LogP contribution >= 0.6 is 0 Å². The maximum atomic E-state index is 10.4. The molecule has 3 nitrogen and oxygen atoms in total. The summed E-state index contributed by atoms with van der Waals surface area (Å²) in [7, 11) is 0. The third-order valence-corrected chi connectivity index (χ3v) is 4.80. The lowest BCUT2D eigenvalue weighted by atomic mass is 9.79. The van der Waals surface area contributed by atoms with Crippen molar-refractivity contribution < 1.29 is 9.84 Å². The topological polar surface area (TPSA) is 41.5 Å². The first-order valence-electron chi connectivity index (χ1n) is 7.62. The molecule has 1 saturated heterocycles. The summed E-state index contributed by atoms with van der Waals surface area (Å²) in [5.41, 5.74) is -0.525. The van der Waals surface area contributed by atoms with Crippen LogP contribution in [-0.4, -0.2) is 36.5 Å². The first kappa shape index (κ1) is 14.3. The second-order valence-corrected chi connectivity index (χ2v) is 6.59. The van der Waals surface area contributed by atoms with E-state index in [1.165, 1.54) is 25.7 Å². The minimum Gasteiger partial charge on any atom is -0.388 e. The molecule has 18 heavy (non-hydrogen) atoms. The van der Waals surface area contributed by atoms with Gasteiger partial charge in [-0.1, -0.05) is 26.7 Å². The third-order valence-electron chi connectivity index (χ3n) is 4.80. The molecule has 2 rings (SSSR count). The smallest absolute Gasteiger partial charge is 0.0815 e. The Morgan fingerprint density at radius 3 is 2.67 bits per heavy atom. The largest absolute Gasteiger partial charge is 0.388 e. The summed E-state index contributed by atoms with van der Waals surface area (Å²) in [5.74, 6) is 1.65. The fourth-order valence-electron chi connectivity index (χ4n) is 3.28. The molecule has 3 heteroatoms. The zero-order valence-corrected chi connectivity index (χ0v) is 12.0. The molecule has 0 amide bonds. The molecule has 1 aliphatic heterocycles. The van der Waals surface area contributed by atoms with Gasteiger partial charge in [0, 0.05) is 38.6 Å². The third kappa shape index (κ3) is 3.94. The Morgan fingerprint density at radius 1 is 1.28 bits per heavy atom. The maximum absolute atomic E-state index is 10.4. The predicted octanol–water partition coefficient (Wildman–Crippen LogP) is 2.33. The monoisotopic (exact) mass is 255 g/mol. The molecule has 1 saturated carbocycles. The van der Waals surface area contributed by atoms with Crippen LogP contribution in [0.15, 0.2) is 0 Å². The van der Waals surface area contributed by atoms with E-state index in [1.807, 2.05) is 0 Å². The van der Waals surface area contributed by atoms with Crippen LogP contribution in [0.5, 0.6) is 0 Å². The van der Waals surface area contributed by atoms with Crippen molar-refractivity contribution in [3.05, 3.63) is 0 Å². The van der Waals surface area contributed by atoms with Gasteiger partial charge in [0.15, 0.2) is 0 Å². The lowest BCUT2D eigenvalue weighted by molar-refractivity contribution is -0.0635. The van der Waals surface area contributed by atoms with Gasteiger partial charge in [-0.3, -0.25) is 0 Å². The Labute approximate surface area is 111 Å². The van der Waals surface area contributed by atoms with E-state index in [0.29, 0.717) is 19.3 Å². The molecule has 0 spiro atoms. The van der Waals surface area contributed by atoms with Crippen molar-refractivity contribution in [2.45, 2.75) is 64.0 Å². The van der Waals surface area contributed by atoms with Crippen LogP contribution < -0.4 is 5.32 Å². The summed E-state index contributed by atoms with van der Waals surface area (Å²) >= 11 is 0. The van der Waals surface area contributed by atoms with Crippen molar-refractivity contribution >= 4 is 0 Å². The molecule has 2 aliphatic rings. The van der Waals surface area contributed by atoms with E-state index in [4.69, 9.17) is 4.74 Å². The van der Waals surface area contributed by atoms with Crippen LogP contribution in [0.4, 0.5) is 0 Å². The normalized spacial score (nSPS) is 32.7. The Kier molecular flexibility index (Phi) is 5.05. The van der Waals surface area contributed by atoms with Gasteiger partial charge in [0.05, 0.1) is 5.60 Å². The summed E-state index contributed by atoms with van der Waals surface area (Å²) in [6.07, 6.45) is 6.83. The van der Waals surface area contributed by atoms with E-state index in [0.717, 1.165) is 31.2 Å². The van der Waals surface area contributed by atoms with E-state index in [9.17, 15) is 5.11 Å². The van der Waals surface area contributed by atoms with Crippen LogP contribution in [0.3, 0.4) is 0 Å². The van der Waals surface area contributed by atoms with Gasteiger partial charge in [0.1, 0.15) is 0 Å². The molecule has 1 heterocycles. The van der Waals surface area contributed by atoms with Gasteiger partial charge in [0.2, 0.25) is 0 Å². The Hall–Kier alpha value is -0.120. The zero-order chi connectivity index (χ0) is 13.0. The first-order chi connectivity index (χ1) is 8.59. The molecule has 2 unspecified atom stereocenters. The predicted molar refractivity (Wildman–Crippen MR) is 73.6 cm³/mol. The maximum Gasteiger partial charge on any atom is 0.0815 e. The van der Waals surface area contributed by atoms with Gasteiger partial charge in [-0.05, 0) is 24.7 Å². The average molecular weight is 255 g/mol. The average Bonchev–Trinajstić information content (AvgIpc) is 2.38. The van der Waals surface area contributed by atoms with E-state index >= 15 is 0 Å². The summed E-state index contributed by atoms with van der Waals surface area (Å²) in [4.78, 5) is 0. The second kappa shape index (κ2) is 6.36. The van der Waals surface area contributed by atoms with Crippen molar-refractivity contribution in [1.82, 2.24) is 5.32 Å². The summed E-state index contributed by atoms with van der Waals surface area (Å²) in [6, 6.07) is 0.609. The van der Waals surface area contributed by atoms with Crippen LogP contribution in [0.2, 0.25) is 0 Å². The molecular formula is C15H29NO2. The minimum absolute atomic E-state index is 0.525. The molecule has 2 atom stereocenters. The molecule has 1 aliphatic carbocycles. The molecule has 0 radical (unpaired) electrons. The fraction of sp³-hybridized carbons (Fsp3) is 1.00. The Morgan fingerprint density at radius 2 is 2.00 bits per heavy atom. The van der Waals surface area contributed by atoms with Crippen LogP contribution in [0.1, 0.15) is 52.4 Å². The molecule has 0 aromatic rings. The molecule has 0 aromatic heterocycles. The highest BCUT2D eigenvalue weighted by molar-refractivity contribution is 4.87. The van der Waals surface area contributed by atoms with E-state index in [1.54, 1.807) is 0 Å². The van der Waals surface area contributed by atoms with Gasteiger partial charge >= 0.3 is 0 Å². The number of nitrogens with one attached hydrogen (secondary N) is 1. The highest BCUT2D eigenvalue weighted by Gasteiger charge is 2.31. The van der Waals surface area contributed by atoms with E-state index in [2.05, 4.69) is 19.2 Å². The van der Waals surface area contributed by atoms with Gasteiger partial charge in [-0.25, -0.2) is 0 Å².